The van der Waals surface area contributed by atoms with E-state index in [0.29, 0.717) is 12.2 Å². The summed E-state index contributed by atoms with van der Waals surface area (Å²) in [5.41, 5.74) is 0. The van der Waals surface area contributed by atoms with Crippen LogP contribution in [0.2, 0.25) is 0 Å². The molecule has 0 aliphatic carbocycles. The van der Waals surface area contributed by atoms with Gasteiger partial charge in [0.15, 0.2) is 0 Å². The molecule has 12 heavy (non-hydrogen) atoms. The van der Waals surface area contributed by atoms with Gasteiger partial charge in [-0.3, -0.25) is 0 Å². The lowest BCUT2D eigenvalue weighted by molar-refractivity contribution is 0.0357. The van der Waals surface area contributed by atoms with Crippen molar-refractivity contribution >= 4 is 0 Å². The molecule has 2 heteroatoms. The van der Waals surface area contributed by atoms with Crippen LogP contribution in [0.1, 0.15) is 26.2 Å². The maximum absolute atomic E-state index is 5.62. The van der Waals surface area contributed by atoms with E-state index in [1.807, 2.05) is 0 Å². The van der Waals surface area contributed by atoms with Crippen LogP contribution in [0.15, 0.2) is 6.08 Å². The van der Waals surface area contributed by atoms with Crippen molar-refractivity contribution in [2.75, 3.05) is 13.2 Å². The Morgan fingerprint density at radius 1 is 1.75 bits per heavy atom. The smallest absolute Gasteiger partial charge is 0.104 e. The predicted molar refractivity (Wildman–Crippen MR) is 47.9 cm³/mol. The normalized spacial score (nSPS) is 23.6. The van der Waals surface area contributed by atoms with E-state index < -0.39 is 0 Å². The number of ether oxygens (including phenoxy) is 2. The van der Waals surface area contributed by atoms with Crippen LogP contribution in [0, 0.1) is 6.58 Å². The van der Waals surface area contributed by atoms with E-state index in [1.165, 1.54) is 0 Å². The fourth-order valence-corrected chi connectivity index (χ4v) is 1.10. The van der Waals surface area contributed by atoms with Crippen LogP contribution in [0.25, 0.3) is 0 Å². The zero-order chi connectivity index (χ0) is 8.81. The van der Waals surface area contributed by atoms with Crippen molar-refractivity contribution in [1.29, 1.82) is 0 Å². The molecule has 0 aromatic rings. The quantitative estimate of drug-likeness (QED) is 0.543. The Bertz CT molecular complexity index is 130. The molecular formula is C10H17O2. The van der Waals surface area contributed by atoms with Gasteiger partial charge in [0.2, 0.25) is 0 Å². The third-order valence-corrected chi connectivity index (χ3v) is 2.03. The minimum absolute atomic E-state index is 0.356. The fraction of sp³-hybridized carbons (Fsp3) is 0.800. The molecule has 0 N–H and O–H groups in total. The molecule has 0 saturated carbocycles. The van der Waals surface area contributed by atoms with Crippen LogP contribution in [0.5, 0.6) is 0 Å². The maximum Gasteiger partial charge on any atom is 0.104 e. The van der Waals surface area contributed by atoms with Crippen molar-refractivity contribution in [2.45, 2.75) is 38.4 Å². The monoisotopic (exact) mass is 169 g/mol. The molecule has 0 bridgehead atoms. The molecule has 1 aliphatic heterocycles. The first kappa shape index (κ1) is 9.75. The Kier molecular flexibility index (Phi) is 4.33. The molecular weight excluding hydrogens is 152 g/mol. The summed E-state index contributed by atoms with van der Waals surface area (Å²) < 4.78 is 10.7. The highest BCUT2D eigenvalue weighted by atomic mass is 16.6. The molecule has 1 rings (SSSR count). The zero-order valence-electron chi connectivity index (χ0n) is 7.66. The number of rotatable bonds is 7. The third kappa shape index (κ3) is 3.88. The van der Waals surface area contributed by atoms with Gasteiger partial charge in [0.1, 0.15) is 6.10 Å². The van der Waals surface area contributed by atoms with Crippen molar-refractivity contribution < 1.29 is 9.47 Å². The SMILES string of the molecule is [CH]=CCCC(CC)OCC1CO1. The number of allylic oxidation sites excluding steroid dienone is 1. The molecule has 0 amide bonds. The first-order valence-corrected chi connectivity index (χ1v) is 4.63. The van der Waals surface area contributed by atoms with E-state index in [0.717, 1.165) is 32.5 Å². The average Bonchev–Trinajstić information content (AvgIpc) is 2.89. The van der Waals surface area contributed by atoms with E-state index in [4.69, 9.17) is 16.1 Å². The van der Waals surface area contributed by atoms with Crippen LogP contribution in [-0.2, 0) is 9.47 Å². The average molecular weight is 169 g/mol. The van der Waals surface area contributed by atoms with E-state index in [1.54, 1.807) is 6.08 Å². The first-order chi connectivity index (χ1) is 5.86. The van der Waals surface area contributed by atoms with Crippen LogP contribution in [0.3, 0.4) is 0 Å². The third-order valence-electron chi connectivity index (χ3n) is 2.03. The second kappa shape index (κ2) is 5.33. The fourth-order valence-electron chi connectivity index (χ4n) is 1.10. The van der Waals surface area contributed by atoms with Gasteiger partial charge in [-0.25, -0.2) is 0 Å². The molecule has 1 aliphatic rings. The van der Waals surface area contributed by atoms with Gasteiger partial charge in [-0.2, -0.15) is 0 Å². The molecule has 69 valence electrons. The van der Waals surface area contributed by atoms with Crippen molar-refractivity contribution in [2.24, 2.45) is 0 Å². The van der Waals surface area contributed by atoms with Crippen molar-refractivity contribution in [3.05, 3.63) is 12.7 Å². The summed E-state index contributed by atoms with van der Waals surface area (Å²) in [7, 11) is 0. The standard InChI is InChI=1S/C10H17O2/c1-3-5-6-9(4-2)11-7-10-8-12-10/h1,3,9-10H,4-8H2,2H3. The molecule has 2 nitrogen and oxygen atoms in total. The lowest BCUT2D eigenvalue weighted by Gasteiger charge is -2.13. The molecule has 2 atom stereocenters. The summed E-state index contributed by atoms with van der Waals surface area (Å²) in [5.74, 6) is 0. The van der Waals surface area contributed by atoms with Gasteiger partial charge < -0.3 is 9.47 Å². The number of hydrogen-bond acceptors (Lipinski definition) is 2. The molecule has 1 fully saturated rings. The zero-order valence-corrected chi connectivity index (χ0v) is 7.66. The molecule has 1 heterocycles. The van der Waals surface area contributed by atoms with E-state index in [2.05, 4.69) is 6.92 Å². The van der Waals surface area contributed by atoms with Gasteiger partial charge in [0.05, 0.1) is 19.3 Å². The predicted octanol–water partition coefficient (Wildman–Crippen LogP) is 1.95. The molecule has 1 radical (unpaired) electrons. The van der Waals surface area contributed by atoms with Crippen LogP contribution in [-0.4, -0.2) is 25.4 Å². The van der Waals surface area contributed by atoms with Crippen molar-refractivity contribution in [3.8, 4) is 0 Å². The largest absolute Gasteiger partial charge is 0.375 e. The summed E-state index contributed by atoms with van der Waals surface area (Å²) in [6.45, 7) is 9.06. The topological polar surface area (TPSA) is 21.8 Å². The Labute approximate surface area is 74.6 Å². The maximum atomic E-state index is 5.62. The summed E-state index contributed by atoms with van der Waals surface area (Å²) >= 11 is 0. The van der Waals surface area contributed by atoms with E-state index in [-0.39, 0.29) is 0 Å². The molecule has 0 aromatic heterocycles. The lowest BCUT2D eigenvalue weighted by Crippen LogP contribution is -2.14. The van der Waals surface area contributed by atoms with Crippen molar-refractivity contribution in [1.82, 2.24) is 0 Å². The summed E-state index contributed by atoms with van der Waals surface area (Å²) in [5, 5.41) is 0. The van der Waals surface area contributed by atoms with Gasteiger partial charge in [-0.05, 0) is 19.3 Å². The van der Waals surface area contributed by atoms with Crippen LogP contribution >= 0.6 is 0 Å². The molecule has 2 unspecified atom stereocenters. The van der Waals surface area contributed by atoms with E-state index >= 15 is 0 Å². The van der Waals surface area contributed by atoms with Gasteiger partial charge in [-0.1, -0.05) is 19.6 Å². The highest BCUT2D eigenvalue weighted by Gasteiger charge is 2.23. The molecule has 0 spiro atoms. The second-order valence-corrected chi connectivity index (χ2v) is 3.13. The lowest BCUT2D eigenvalue weighted by atomic mass is 10.1. The molecule has 0 aromatic carbocycles. The van der Waals surface area contributed by atoms with Gasteiger partial charge >= 0.3 is 0 Å². The minimum Gasteiger partial charge on any atom is -0.375 e. The Hall–Kier alpha value is -0.340. The summed E-state index contributed by atoms with van der Waals surface area (Å²) in [6, 6.07) is 0. The van der Waals surface area contributed by atoms with Gasteiger partial charge in [-0.15, -0.1) is 0 Å². The molecule has 1 saturated heterocycles. The Morgan fingerprint density at radius 2 is 2.50 bits per heavy atom. The van der Waals surface area contributed by atoms with Gasteiger partial charge in [0, 0.05) is 0 Å². The second-order valence-electron chi connectivity index (χ2n) is 3.13. The van der Waals surface area contributed by atoms with Crippen molar-refractivity contribution in [3.63, 3.8) is 0 Å². The van der Waals surface area contributed by atoms with Crippen LogP contribution < -0.4 is 0 Å². The van der Waals surface area contributed by atoms with Crippen LogP contribution in [0.4, 0.5) is 0 Å². The minimum atomic E-state index is 0.356. The summed E-state index contributed by atoms with van der Waals surface area (Å²) in [4.78, 5) is 0. The highest BCUT2D eigenvalue weighted by molar-refractivity contribution is 4.71. The number of hydrogen-bond donors (Lipinski definition) is 0. The Morgan fingerprint density at radius 3 is 3.00 bits per heavy atom. The first-order valence-electron chi connectivity index (χ1n) is 4.63. The van der Waals surface area contributed by atoms with Gasteiger partial charge in [0.25, 0.3) is 0 Å². The highest BCUT2D eigenvalue weighted by Crippen LogP contribution is 2.13. The van der Waals surface area contributed by atoms with E-state index in [9.17, 15) is 0 Å². The Balaban J connectivity index is 2.01. The number of epoxide rings is 1. The summed E-state index contributed by atoms with van der Waals surface area (Å²) in [6.07, 6.45) is 5.44.